The molecule has 1 heterocycles. The van der Waals surface area contributed by atoms with E-state index in [9.17, 15) is 9.59 Å². The van der Waals surface area contributed by atoms with Gasteiger partial charge in [-0.3, -0.25) is 9.59 Å². The first-order chi connectivity index (χ1) is 9.00. The largest absolute Gasteiger partial charge is 0.481 e. The normalized spacial score (nSPS) is 30.3. The van der Waals surface area contributed by atoms with Gasteiger partial charge in [0.2, 0.25) is 5.91 Å². The minimum atomic E-state index is -0.717. The molecule has 2 aliphatic rings. The van der Waals surface area contributed by atoms with E-state index in [4.69, 9.17) is 5.11 Å². The predicted octanol–water partition coefficient (Wildman–Crippen LogP) is 2.53. The minimum Gasteiger partial charge on any atom is -0.481 e. The van der Waals surface area contributed by atoms with E-state index in [0.717, 1.165) is 32.1 Å². The Hall–Kier alpha value is -1.06. The highest BCUT2D eigenvalue weighted by Gasteiger charge is 2.44. The van der Waals surface area contributed by atoms with Crippen LogP contribution < -0.4 is 0 Å². The molecule has 1 N–H and O–H groups in total. The van der Waals surface area contributed by atoms with Crippen LogP contribution in [0.25, 0.3) is 0 Å². The molecule has 4 heteroatoms. The van der Waals surface area contributed by atoms with Gasteiger partial charge in [0.25, 0.3) is 0 Å². The van der Waals surface area contributed by atoms with E-state index >= 15 is 0 Å². The van der Waals surface area contributed by atoms with E-state index in [0.29, 0.717) is 19.5 Å². The van der Waals surface area contributed by atoms with Gasteiger partial charge in [0.05, 0.1) is 5.92 Å². The van der Waals surface area contributed by atoms with Crippen molar-refractivity contribution in [2.24, 2.45) is 17.3 Å². The third-order valence-corrected chi connectivity index (χ3v) is 5.20. The van der Waals surface area contributed by atoms with Crippen LogP contribution in [0.3, 0.4) is 0 Å². The summed E-state index contributed by atoms with van der Waals surface area (Å²) in [6.45, 7) is 5.28. The van der Waals surface area contributed by atoms with Crippen LogP contribution in [0.5, 0.6) is 0 Å². The smallest absolute Gasteiger partial charge is 0.306 e. The number of carbonyl (C=O) groups is 2. The van der Waals surface area contributed by atoms with Crippen molar-refractivity contribution in [2.75, 3.05) is 13.1 Å². The highest BCUT2D eigenvalue weighted by molar-refractivity contribution is 5.83. The highest BCUT2D eigenvalue weighted by atomic mass is 16.4. The number of piperidine rings is 1. The Morgan fingerprint density at radius 1 is 1.32 bits per heavy atom. The molecule has 2 unspecified atom stereocenters. The summed E-state index contributed by atoms with van der Waals surface area (Å²) in [4.78, 5) is 25.8. The molecule has 19 heavy (non-hydrogen) atoms. The van der Waals surface area contributed by atoms with Crippen LogP contribution in [0.4, 0.5) is 0 Å². The third-order valence-electron chi connectivity index (χ3n) is 5.20. The Kier molecular flexibility index (Phi) is 4.16. The number of carbonyl (C=O) groups excluding carboxylic acids is 1. The Morgan fingerprint density at radius 3 is 2.42 bits per heavy atom. The average Bonchev–Trinajstić information content (AvgIpc) is 2.87. The van der Waals surface area contributed by atoms with Gasteiger partial charge >= 0.3 is 5.97 Å². The molecule has 1 aliphatic heterocycles. The second kappa shape index (κ2) is 5.51. The van der Waals surface area contributed by atoms with Crippen molar-refractivity contribution in [1.29, 1.82) is 0 Å². The standard InChI is InChI=1S/C15H25NO3/c1-3-15(7-4-5-8-15)14(19)16-9-6-12(13(17)18)11(2)10-16/h11-12H,3-10H2,1-2H3,(H,17,18). The number of carboxylic acid groups (broad SMARTS) is 1. The number of rotatable bonds is 3. The second-order valence-corrected chi connectivity index (χ2v) is 6.30. The fraction of sp³-hybridized carbons (Fsp3) is 0.867. The first-order valence-corrected chi connectivity index (χ1v) is 7.52. The minimum absolute atomic E-state index is 0.0607. The van der Waals surface area contributed by atoms with E-state index in [2.05, 4.69) is 6.92 Å². The van der Waals surface area contributed by atoms with Gasteiger partial charge in [0.15, 0.2) is 0 Å². The van der Waals surface area contributed by atoms with Crippen LogP contribution in [-0.2, 0) is 9.59 Å². The Labute approximate surface area is 115 Å². The number of hydrogen-bond donors (Lipinski definition) is 1. The van der Waals surface area contributed by atoms with Crippen LogP contribution in [-0.4, -0.2) is 35.0 Å². The van der Waals surface area contributed by atoms with Gasteiger partial charge in [-0.05, 0) is 31.6 Å². The molecular weight excluding hydrogens is 242 g/mol. The van der Waals surface area contributed by atoms with E-state index < -0.39 is 5.97 Å². The van der Waals surface area contributed by atoms with Crippen LogP contribution in [0, 0.1) is 17.3 Å². The van der Waals surface area contributed by atoms with Crippen molar-refractivity contribution < 1.29 is 14.7 Å². The molecule has 0 aromatic rings. The molecular formula is C15H25NO3. The number of nitrogens with zero attached hydrogens (tertiary/aromatic N) is 1. The Balaban J connectivity index is 2.03. The molecule has 0 aromatic heterocycles. The summed E-state index contributed by atoms with van der Waals surface area (Å²) in [7, 11) is 0. The summed E-state index contributed by atoms with van der Waals surface area (Å²) in [6.07, 6.45) is 5.84. The first kappa shape index (κ1) is 14.4. The molecule has 0 spiro atoms. The molecule has 0 aromatic carbocycles. The lowest BCUT2D eigenvalue weighted by atomic mass is 9.80. The maximum absolute atomic E-state index is 12.8. The van der Waals surface area contributed by atoms with Crippen molar-refractivity contribution >= 4 is 11.9 Å². The lowest BCUT2D eigenvalue weighted by molar-refractivity contribution is -0.152. The van der Waals surface area contributed by atoms with Crippen molar-refractivity contribution in [3.63, 3.8) is 0 Å². The topological polar surface area (TPSA) is 57.6 Å². The molecule has 1 aliphatic carbocycles. The molecule has 1 amide bonds. The second-order valence-electron chi connectivity index (χ2n) is 6.30. The summed E-state index contributed by atoms with van der Waals surface area (Å²) in [5.74, 6) is -0.662. The van der Waals surface area contributed by atoms with E-state index in [1.165, 1.54) is 0 Å². The Morgan fingerprint density at radius 2 is 1.95 bits per heavy atom. The molecule has 2 fully saturated rings. The molecule has 0 bridgehead atoms. The number of likely N-dealkylation sites (tertiary alicyclic amines) is 1. The van der Waals surface area contributed by atoms with Crippen molar-refractivity contribution in [3.05, 3.63) is 0 Å². The fourth-order valence-corrected chi connectivity index (χ4v) is 3.80. The van der Waals surface area contributed by atoms with Gasteiger partial charge in [0, 0.05) is 18.5 Å². The zero-order valence-corrected chi connectivity index (χ0v) is 12.0. The lowest BCUT2D eigenvalue weighted by Crippen LogP contribution is -2.50. The number of amides is 1. The summed E-state index contributed by atoms with van der Waals surface area (Å²) in [5.41, 5.74) is -0.143. The monoisotopic (exact) mass is 267 g/mol. The summed E-state index contributed by atoms with van der Waals surface area (Å²) in [5, 5.41) is 9.14. The molecule has 2 atom stereocenters. The SMILES string of the molecule is CCC1(C(=O)N2CCC(C(=O)O)C(C)C2)CCCC1. The van der Waals surface area contributed by atoms with Gasteiger partial charge in [-0.15, -0.1) is 0 Å². The molecule has 108 valence electrons. The van der Waals surface area contributed by atoms with E-state index in [1.807, 2.05) is 11.8 Å². The van der Waals surface area contributed by atoms with Crippen molar-refractivity contribution in [2.45, 2.75) is 52.4 Å². The van der Waals surface area contributed by atoms with E-state index in [-0.39, 0.29) is 23.2 Å². The zero-order valence-electron chi connectivity index (χ0n) is 12.0. The third kappa shape index (κ3) is 2.63. The molecule has 1 saturated heterocycles. The van der Waals surface area contributed by atoms with Crippen LogP contribution in [0.1, 0.15) is 52.4 Å². The maximum atomic E-state index is 12.8. The molecule has 4 nitrogen and oxygen atoms in total. The quantitative estimate of drug-likeness (QED) is 0.855. The average molecular weight is 267 g/mol. The van der Waals surface area contributed by atoms with Gasteiger partial charge in [-0.1, -0.05) is 26.7 Å². The van der Waals surface area contributed by atoms with Crippen molar-refractivity contribution in [1.82, 2.24) is 4.90 Å². The van der Waals surface area contributed by atoms with Crippen molar-refractivity contribution in [3.8, 4) is 0 Å². The van der Waals surface area contributed by atoms with Gasteiger partial charge in [-0.25, -0.2) is 0 Å². The molecule has 0 radical (unpaired) electrons. The van der Waals surface area contributed by atoms with Gasteiger partial charge in [-0.2, -0.15) is 0 Å². The van der Waals surface area contributed by atoms with Gasteiger partial charge < -0.3 is 10.0 Å². The first-order valence-electron chi connectivity index (χ1n) is 7.52. The van der Waals surface area contributed by atoms with Crippen LogP contribution in [0.15, 0.2) is 0 Å². The van der Waals surface area contributed by atoms with Gasteiger partial charge in [0.1, 0.15) is 0 Å². The van der Waals surface area contributed by atoms with E-state index in [1.54, 1.807) is 0 Å². The summed E-state index contributed by atoms with van der Waals surface area (Å²) in [6, 6.07) is 0. The van der Waals surface area contributed by atoms with Crippen LogP contribution in [0.2, 0.25) is 0 Å². The highest BCUT2D eigenvalue weighted by Crippen LogP contribution is 2.43. The fourth-order valence-electron chi connectivity index (χ4n) is 3.80. The molecule has 1 saturated carbocycles. The molecule has 2 rings (SSSR count). The summed E-state index contributed by atoms with van der Waals surface area (Å²) < 4.78 is 0. The zero-order chi connectivity index (χ0) is 14.0. The lowest BCUT2D eigenvalue weighted by Gasteiger charge is -2.40. The summed E-state index contributed by atoms with van der Waals surface area (Å²) >= 11 is 0. The van der Waals surface area contributed by atoms with Crippen LogP contribution >= 0.6 is 0 Å². The Bertz CT molecular complexity index is 360. The maximum Gasteiger partial charge on any atom is 0.306 e. The predicted molar refractivity (Wildman–Crippen MR) is 72.7 cm³/mol. The number of hydrogen-bond acceptors (Lipinski definition) is 2. The number of carboxylic acids is 1. The number of aliphatic carboxylic acids is 1.